The Kier molecular flexibility index (Phi) is 7.24. The Morgan fingerprint density at radius 1 is 0.600 bits per heavy atom. The van der Waals surface area contributed by atoms with Gasteiger partial charge in [0, 0.05) is 18.3 Å². The van der Waals surface area contributed by atoms with Gasteiger partial charge in [-0.05, 0) is 137 Å². The summed E-state index contributed by atoms with van der Waals surface area (Å²) in [5.41, 5.74) is 9.34. The highest BCUT2D eigenvalue weighted by atomic mass is 16.7. The van der Waals surface area contributed by atoms with E-state index in [0.29, 0.717) is 23.5 Å². The maximum Gasteiger partial charge on any atom is 0.495 e. The molecular weight excluding hydrogens is 558 g/mol. The lowest BCUT2D eigenvalue weighted by atomic mass is 9.70. The zero-order valence-corrected chi connectivity index (χ0v) is 29.3. The van der Waals surface area contributed by atoms with Gasteiger partial charge in [0.2, 0.25) is 0 Å². The van der Waals surface area contributed by atoms with E-state index in [1.807, 2.05) is 13.8 Å². The maximum atomic E-state index is 12.8. The number of fused-ring (bicyclic) bond motifs is 4. The van der Waals surface area contributed by atoms with Gasteiger partial charge in [0.05, 0.1) is 22.4 Å². The fourth-order valence-electron chi connectivity index (χ4n) is 8.97. The predicted molar refractivity (Wildman–Crippen MR) is 183 cm³/mol. The second-order valence-electron chi connectivity index (χ2n) is 16.6. The number of hydrogen-bond donors (Lipinski definition) is 0. The third-order valence-electron chi connectivity index (χ3n) is 13.0. The SMILES string of the molecule is CC.CC1(C)OB(c2ccc(-c3ccc(B4OC(C)(C)C(C)(C)O4)c4c3C3CC(=O)C3C4)c3c2CC2(CCCC2)C3)OC1(C)C. The fourth-order valence-corrected chi connectivity index (χ4v) is 8.97. The van der Waals surface area contributed by atoms with Crippen LogP contribution < -0.4 is 10.9 Å². The van der Waals surface area contributed by atoms with Crippen molar-refractivity contribution in [3.05, 3.63) is 46.5 Å². The van der Waals surface area contributed by atoms with E-state index in [2.05, 4.69) is 79.7 Å². The molecule has 1 spiro atoms. The molecule has 45 heavy (non-hydrogen) atoms. The second-order valence-corrected chi connectivity index (χ2v) is 16.6. The largest absolute Gasteiger partial charge is 0.495 e. The first-order chi connectivity index (χ1) is 21.1. The lowest BCUT2D eigenvalue weighted by molar-refractivity contribution is -0.130. The monoisotopic (exact) mass is 610 g/mol. The molecule has 0 N–H and O–H groups in total. The van der Waals surface area contributed by atoms with Crippen LogP contribution in [0.1, 0.15) is 130 Å². The maximum absolute atomic E-state index is 12.8. The van der Waals surface area contributed by atoms with Crippen LogP contribution in [0.2, 0.25) is 0 Å². The molecule has 2 saturated heterocycles. The van der Waals surface area contributed by atoms with Crippen LogP contribution in [0.3, 0.4) is 0 Å². The number of carbonyl (C=O) groups is 1. The van der Waals surface area contributed by atoms with Gasteiger partial charge in [-0.15, -0.1) is 0 Å². The summed E-state index contributed by atoms with van der Waals surface area (Å²) in [6.45, 7) is 21.0. The van der Waals surface area contributed by atoms with E-state index >= 15 is 0 Å². The van der Waals surface area contributed by atoms with Crippen molar-refractivity contribution in [1.82, 2.24) is 0 Å². The van der Waals surface area contributed by atoms with E-state index in [1.54, 1.807) is 0 Å². The number of benzene rings is 2. The normalized spacial score (nSPS) is 28.9. The first kappa shape index (κ1) is 31.7. The molecule has 7 heteroatoms. The lowest BCUT2D eigenvalue weighted by Gasteiger charge is -2.32. The Bertz CT molecular complexity index is 1520. The fraction of sp³-hybridized carbons (Fsp3) is 0.658. The summed E-state index contributed by atoms with van der Waals surface area (Å²) in [6.07, 6.45) is 8.89. The Balaban J connectivity index is 0.00000160. The molecule has 2 aliphatic heterocycles. The van der Waals surface area contributed by atoms with Crippen LogP contribution in [0.5, 0.6) is 0 Å². The Labute approximate surface area is 271 Å². The van der Waals surface area contributed by atoms with Crippen molar-refractivity contribution in [1.29, 1.82) is 0 Å². The van der Waals surface area contributed by atoms with Gasteiger partial charge < -0.3 is 18.6 Å². The second kappa shape index (κ2) is 10.3. The highest BCUT2D eigenvalue weighted by Crippen LogP contribution is 2.55. The van der Waals surface area contributed by atoms with Gasteiger partial charge >= 0.3 is 14.2 Å². The average molecular weight is 610 g/mol. The zero-order valence-electron chi connectivity index (χ0n) is 29.3. The van der Waals surface area contributed by atoms with Crippen LogP contribution in [-0.2, 0) is 42.7 Å². The summed E-state index contributed by atoms with van der Waals surface area (Å²) < 4.78 is 26.3. The lowest BCUT2D eigenvalue weighted by Crippen LogP contribution is -2.41. The topological polar surface area (TPSA) is 54.0 Å². The van der Waals surface area contributed by atoms with Crippen molar-refractivity contribution in [3.63, 3.8) is 0 Å². The smallest absolute Gasteiger partial charge is 0.399 e. The summed E-state index contributed by atoms with van der Waals surface area (Å²) in [5.74, 6) is 0.786. The van der Waals surface area contributed by atoms with Crippen molar-refractivity contribution in [2.45, 2.75) is 149 Å². The van der Waals surface area contributed by atoms with E-state index in [0.717, 1.165) is 24.7 Å². The molecule has 4 fully saturated rings. The molecule has 0 aromatic heterocycles. The molecule has 2 atom stereocenters. The molecule has 2 unspecified atom stereocenters. The minimum Gasteiger partial charge on any atom is -0.399 e. The van der Waals surface area contributed by atoms with Crippen molar-refractivity contribution in [2.24, 2.45) is 11.3 Å². The highest BCUT2D eigenvalue weighted by Gasteiger charge is 2.56. The molecule has 0 amide bonds. The van der Waals surface area contributed by atoms with Crippen LogP contribution in [0.15, 0.2) is 24.3 Å². The van der Waals surface area contributed by atoms with Gasteiger partial charge in [0.1, 0.15) is 5.78 Å². The minimum atomic E-state index is -0.418. The summed E-state index contributed by atoms with van der Waals surface area (Å²) >= 11 is 0. The van der Waals surface area contributed by atoms with E-state index in [1.165, 1.54) is 64.5 Å². The number of rotatable bonds is 3. The van der Waals surface area contributed by atoms with Crippen molar-refractivity contribution < 1.29 is 23.4 Å². The molecule has 6 aliphatic rings. The van der Waals surface area contributed by atoms with Gasteiger partial charge in [-0.2, -0.15) is 0 Å². The Morgan fingerprint density at radius 2 is 1.07 bits per heavy atom. The van der Waals surface area contributed by atoms with Gasteiger partial charge in [-0.1, -0.05) is 51.0 Å². The van der Waals surface area contributed by atoms with E-state index in [9.17, 15) is 4.79 Å². The van der Waals surface area contributed by atoms with Crippen molar-refractivity contribution in [3.8, 4) is 11.1 Å². The molecule has 5 nitrogen and oxygen atoms in total. The quantitative estimate of drug-likeness (QED) is 0.356. The Morgan fingerprint density at radius 3 is 1.58 bits per heavy atom. The minimum absolute atomic E-state index is 0.0931. The molecule has 4 aliphatic carbocycles. The molecule has 2 aromatic rings. The summed E-state index contributed by atoms with van der Waals surface area (Å²) in [7, 11) is -0.770. The van der Waals surface area contributed by atoms with Crippen LogP contribution in [0.4, 0.5) is 0 Å². The standard InChI is InChI=1S/C36H46B2O5.C2H6/c1-32(2)33(3,4)41-37(40-32)28-14-12-22(31-24-18-30(39)23(24)17-25(28)31)21-11-13-29(38-42-34(5,6)35(7,8)43-38)27-20-36(19-26(21)27)15-9-10-16-36;1-2/h11-14,23-24H,9-10,15-20H2,1-8H3;1-2H3. The van der Waals surface area contributed by atoms with Crippen LogP contribution in [-0.4, -0.2) is 42.4 Å². The molecule has 8 rings (SSSR count). The third kappa shape index (κ3) is 4.61. The molecule has 0 bridgehead atoms. The van der Waals surface area contributed by atoms with Crippen molar-refractivity contribution >= 4 is 30.9 Å². The van der Waals surface area contributed by atoms with E-state index in [4.69, 9.17) is 18.6 Å². The van der Waals surface area contributed by atoms with Gasteiger partial charge in [-0.25, -0.2) is 0 Å². The molecule has 2 aromatic carbocycles. The summed E-state index contributed by atoms with van der Waals surface area (Å²) in [5, 5.41) is 0. The molecule has 2 saturated carbocycles. The Hall–Kier alpha value is -1.92. The van der Waals surface area contributed by atoms with Gasteiger partial charge in [-0.3, -0.25) is 4.79 Å². The number of hydrogen-bond acceptors (Lipinski definition) is 5. The summed E-state index contributed by atoms with van der Waals surface area (Å²) in [4.78, 5) is 12.8. The highest BCUT2D eigenvalue weighted by molar-refractivity contribution is 6.63. The number of ketones is 1. The predicted octanol–water partition coefficient (Wildman–Crippen LogP) is 6.87. The van der Waals surface area contributed by atoms with Crippen LogP contribution in [0, 0.1) is 11.3 Å². The summed E-state index contributed by atoms with van der Waals surface area (Å²) in [6, 6.07) is 9.18. The van der Waals surface area contributed by atoms with Crippen molar-refractivity contribution in [2.75, 3.05) is 0 Å². The molecule has 240 valence electrons. The average Bonchev–Trinajstić information content (AvgIpc) is 3.74. The molecule has 0 radical (unpaired) electrons. The van der Waals surface area contributed by atoms with E-state index in [-0.39, 0.29) is 24.2 Å². The first-order valence-corrected chi connectivity index (χ1v) is 17.7. The first-order valence-electron chi connectivity index (χ1n) is 17.7. The van der Waals surface area contributed by atoms with Gasteiger partial charge in [0.15, 0.2) is 0 Å². The molecule has 2 heterocycles. The van der Waals surface area contributed by atoms with Gasteiger partial charge in [0.25, 0.3) is 0 Å². The van der Waals surface area contributed by atoms with E-state index < -0.39 is 18.3 Å². The molecular formula is C38H52B2O5. The third-order valence-corrected chi connectivity index (χ3v) is 13.0. The number of Topliss-reactive ketones (excluding diaryl/α,β-unsaturated/α-hetero) is 1. The van der Waals surface area contributed by atoms with Crippen LogP contribution in [0.25, 0.3) is 11.1 Å². The zero-order chi connectivity index (χ0) is 32.3. The number of carbonyl (C=O) groups excluding carboxylic acids is 1. The van der Waals surface area contributed by atoms with Crippen LogP contribution >= 0.6 is 0 Å².